The molecule has 2 heterocycles. The van der Waals surface area contributed by atoms with Gasteiger partial charge in [-0.05, 0) is 86.1 Å². The Labute approximate surface area is 325 Å². The number of hydrogen-bond acceptors (Lipinski definition) is 10. The molecule has 2 aromatic carbocycles. The number of esters is 1. The van der Waals surface area contributed by atoms with E-state index in [0.717, 1.165) is 30.5 Å². The van der Waals surface area contributed by atoms with Gasteiger partial charge in [-0.15, -0.1) is 11.3 Å². The third-order valence-electron chi connectivity index (χ3n) is 10.8. The van der Waals surface area contributed by atoms with Crippen molar-refractivity contribution in [3.05, 3.63) is 91.9 Å². The van der Waals surface area contributed by atoms with Crippen molar-refractivity contribution in [1.82, 2.24) is 15.2 Å². The Balaban J connectivity index is 1.14. The van der Waals surface area contributed by atoms with E-state index in [0.29, 0.717) is 35.2 Å². The van der Waals surface area contributed by atoms with Crippen LogP contribution in [0, 0.1) is 11.6 Å². The summed E-state index contributed by atoms with van der Waals surface area (Å²) < 4.78 is 42.9. The molecule has 1 fully saturated rings. The summed E-state index contributed by atoms with van der Waals surface area (Å²) in [6.45, 7) is 11.2. The third kappa shape index (κ3) is 10.7. The van der Waals surface area contributed by atoms with Crippen LogP contribution in [0.2, 0.25) is 18.1 Å². The molecule has 1 saturated carbocycles. The molecule has 2 atom stereocenters. The molecule has 1 unspecified atom stereocenters. The number of fused-ring (bicyclic) bond motifs is 1. The van der Waals surface area contributed by atoms with E-state index in [1.165, 1.54) is 23.5 Å². The molecule has 298 valence electrons. The van der Waals surface area contributed by atoms with Gasteiger partial charge in [-0.3, -0.25) is 9.59 Å². The molecule has 11 nitrogen and oxygen atoms in total. The van der Waals surface area contributed by atoms with Crippen LogP contribution in [0.3, 0.4) is 0 Å². The number of nitrogens with zero attached hydrogens (tertiary/aromatic N) is 1. The average molecular weight is 799 g/mol. The number of carbonyl (C=O) groups is 2. The van der Waals surface area contributed by atoms with Crippen LogP contribution >= 0.6 is 11.3 Å². The number of hydrogen-bond donors (Lipinski definition) is 5. The molecule has 55 heavy (non-hydrogen) atoms. The summed E-state index contributed by atoms with van der Waals surface area (Å²) in [6.07, 6.45) is 0.721. The Morgan fingerprint density at radius 2 is 1.80 bits per heavy atom. The highest BCUT2D eigenvalue weighted by Gasteiger charge is 2.40. The van der Waals surface area contributed by atoms with Gasteiger partial charge in [-0.2, -0.15) is 0 Å². The summed E-state index contributed by atoms with van der Waals surface area (Å²) in [4.78, 5) is 42.5. The fourth-order valence-corrected chi connectivity index (χ4v) is 8.48. The van der Waals surface area contributed by atoms with Gasteiger partial charge in [0.2, 0.25) is 11.5 Å². The molecule has 5 N–H and O–H groups in total. The summed E-state index contributed by atoms with van der Waals surface area (Å²) in [6, 6.07) is 11.9. The van der Waals surface area contributed by atoms with Gasteiger partial charge in [0.25, 0.3) is 0 Å². The number of rotatable bonds is 15. The van der Waals surface area contributed by atoms with E-state index in [1.807, 2.05) is 11.9 Å². The number of H-pyrrole nitrogens is 1. The van der Waals surface area contributed by atoms with Gasteiger partial charge in [0, 0.05) is 60.1 Å². The number of aromatic amines is 1. The minimum absolute atomic E-state index is 0.0252. The Morgan fingerprint density at radius 1 is 1.07 bits per heavy atom. The number of carbonyl (C=O) groups excluding carboxylic acids is 2. The number of aromatic hydroxyl groups is 1. The maximum absolute atomic E-state index is 15.3. The number of phenols is 1. The van der Waals surface area contributed by atoms with E-state index < -0.39 is 44.0 Å². The van der Waals surface area contributed by atoms with Crippen molar-refractivity contribution in [2.24, 2.45) is 0 Å². The first kappa shape index (κ1) is 42.2. The van der Waals surface area contributed by atoms with Gasteiger partial charge < -0.3 is 39.9 Å². The summed E-state index contributed by atoms with van der Waals surface area (Å²) in [5.41, 5.74) is 0.499. The van der Waals surface area contributed by atoms with Crippen LogP contribution < -0.4 is 16.2 Å². The van der Waals surface area contributed by atoms with Gasteiger partial charge in [0.15, 0.2) is 14.4 Å². The van der Waals surface area contributed by atoms with E-state index in [9.17, 15) is 24.6 Å². The first-order valence-corrected chi connectivity index (χ1v) is 22.4. The molecule has 0 saturated heterocycles. The number of halogens is 2. The first-order chi connectivity index (χ1) is 25.9. The van der Waals surface area contributed by atoms with Crippen LogP contribution in [-0.2, 0) is 25.3 Å². The van der Waals surface area contributed by atoms with Crippen molar-refractivity contribution in [2.75, 3.05) is 25.5 Å². The number of ether oxygens (including phenoxy) is 1. The normalized spacial score (nSPS) is 17.6. The number of aliphatic hydroxyl groups excluding tert-OH is 1. The van der Waals surface area contributed by atoms with Crippen molar-refractivity contribution >= 4 is 48.1 Å². The summed E-state index contributed by atoms with van der Waals surface area (Å²) >= 11 is 1.29. The standard InChI is InChI=1S/C40H52F2N4O7SSi/c1-40(2,3)55(5,6)53-33(27-13-15-32(47)37-28(27)14-16-35(48)45-37)23-43-22-24-20-30(42)31(21-29(24)41)44-36(49)17-18-46(4)25-9-11-26(12-10-25)52-39(51)38(50)34-8-7-19-54-34/h7-8,13-16,19-21,25-26,33,38,43,47,50H,9-12,17-18,22-23H2,1-6H3,(H,44,49)(H,45,48)/t25?,26?,33-,38?/m0/s1. The molecule has 2 aromatic heterocycles. The number of anilines is 1. The molecule has 0 radical (unpaired) electrons. The van der Waals surface area contributed by atoms with Crippen molar-refractivity contribution in [2.45, 2.75) is 102 Å². The fourth-order valence-electron chi connectivity index (χ4n) is 6.51. The van der Waals surface area contributed by atoms with Gasteiger partial charge in [0.05, 0.1) is 17.3 Å². The molecule has 4 aromatic rings. The van der Waals surface area contributed by atoms with Crippen LogP contribution in [0.1, 0.15) is 81.1 Å². The largest absolute Gasteiger partial charge is 0.506 e. The smallest absolute Gasteiger partial charge is 0.340 e. The zero-order valence-electron chi connectivity index (χ0n) is 32.2. The van der Waals surface area contributed by atoms with Crippen LogP contribution in [-0.4, -0.2) is 72.6 Å². The molecular weight excluding hydrogens is 747 g/mol. The highest BCUT2D eigenvalue weighted by Crippen LogP contribution is 2.41. The number of benzene rings is 2. The number of pyridine rings is 1. The van der Waals surface area contributed by atoms with Crippen LogP contribution in [0.5, 0.6) is 5.75 Å². The third-order valence-corrected chi connectivity index (χ3v) is 16.2. The van der Waals surface area contributed by atoms with E-state index >= 15 is 8.78 Å². The zero-order valence-corrected chi connectivity index (χ0v) is 34.0. The lowest BCUT2D eigenvalue weighted by molar-refractivity contribution is -0.161. The Hall–Kier alpha value is -3.99. The molecule has 0 spiro atoms. The summed E-state index contributed by atoms with van der Waals surface area (Å²) in [7, 11) is -0.452. The molecule has 0 bridgehead atoms. The lowest BCUT2D eigenvalue weighted by atomic mass is 9.92. The van der Waals surface area contributed by atoms with E-state index in [2.05, 4.69) is 49.5 Å². The quantitative estimate of drug-likeness (QED) is 0.0618. The average Bonchev–Trinajstić information content (AvgIpc) is 3.67. The predicted molar refractivity (Wildman–Crippen MR) is 213 cm³/mol. The van der Waals surface area contributed by atoms with E-state index in [-0.39, 0.29) is 59.3 Å². The van der Waals surface area contributed by atoms with Gasteiger partial charge in [0.1, 0.15) is 23.5 Å². The Morgan fingerprint density at radius 3 is 2.47 bits per heavy atom. The maximum Gasteiger partial charge on any atom is 0.340 e. The van der Waals surface area contributed by atoms with Crippen LogP contribution in [0.15, 0.2) is 58.7 Å². The minimum atomic E-state index is -2.35. The summed E-state index contributed by atoms with van der Waals surface area (Å²) in [5.74, 6) is -2.62. The lowest BCUT2D eigenvalue weighted by Crippen LogP contribution is -2.43. The van der Waals surface area contributed by atoms with Crippen molar-refractivity contribution in [3.8, 4) is 5.75 Å². The van der Waals surface area contributed by atoms with Crippen molar-refractivity contribution < 1.29 is 37.7 Å². The second kappa shape index (κ2) is 17.9. The van der Waals surface area contributed by atoms with Crippen LogP contribution in [0.4, 0.5) is 14.5 Å². The van der Waals surface area contributed by atoms with Gasteiger partial charge in [-0.1, -0.05) is 32.9 Å². The number of amides is 1. The molecule has 5 rings (SSSR count). The first-order valence-electron chi connectivity index (χ1n) is 18.6. The molecule has 15 heteroatoms. The molecule has 0 aliphatic heterocycles. The SMILES string of the molecule is CN(CCC(=O)Nc1cc(F)c(CNC[C@H](O[Si](C)(C)C(C)(C)C)c2ccc(O)c3[nH]c(=O)ccc23)cc1F)C1CCC(OC(=O)C(O)c2cccs2)CC1. The molecule has 1 amide bonds. The summed E-state index contributed by atoms with van der Waals surface area (Å²) in [5, 5.41) is 28.7. The van der Waals surface area contributed by atoms with Crippen molar-refractivity contribution in [3.63, 3.8) is 0 Å². The topological polar surface area (TPSA) is 153 Å². The maximum atomic E-state index is 15.3. The lowest BCUT2D eigenvalue weighted by Gasteiger charge is -2.39. The number of aliphatic hydroxyl groups is 1. The minimum Gasteiger partial charge on any atom is -0.506 e. The number of nitrogens with one attached hydrogen (secondary N) is 3. The van der Waals surface area contributed by atoms with E-state index in [1.54, 1.807) is 29.6 Å². The van der Waals surface area contributed by atoms with Gasteiger partial charge >= 0.3 is 5.97 Å². The van der Waals surface area contributed by atoms with Gasteiger partial charge in [-0.25, -0.2) is 13.6 Å². The highest BCUT2D eigenvalue weighted by molar-refractivity contribution is 7.10. The molecule has 1 aliphatic rings. The monoisotopic (exact) mass is 798 g/mol. The Bertz CT molecular complexity index is 2010. The highest BCUT2D eigenvalue weighted by atomic mass is 32.1. The second-order valence-electron chi connectivity index (χ2n) is 15.8. The van der Waals surface area contributed by atoms with Crippen molar-refractivity contribution in [1.29, 1.82) is 0 Å². The fraction of sp³-hybridized carbons (Fsp3) is 0.475. The number of aromatic nitrogens is 1. The number of thiophene rings is 1. The second-order valence-corrected chi connectivity index (χ2v) is 21.5. The van der Waals surface area contributed by atoms with E-state index in [4.69, 9.17) is 9.16 Å². The zero-order chi connectivity index (χ0) is 40.1. The molecule has 1 aliphatic carbocycles. The van der Waals surface area contributed by atoms with Crippen LogP contribution in [0.25, 0.3) is 10.9 Å². The predicted octanol–water partition coefficient (Wildman–Crippen LogP) is 7.27. The number of phenolic OH excluding ortho intramolecular Hbond substituents is 1. The Kier molecular flexibility index (Phi) is 13.7. The molecular formula is C40H52F2N4O7SSi.